The van der Waals surface area contributed by atoms with Gasteiger partial charge in [0, 0.05) is 11.6 Å². The number of anilines is 1. The van der Waals surface area contributed by atoms with Crippen LogP contribution in [0.2, 0.25) is 5.02 Å². The molecule has 22 heavy (non-hydrogen) atoms. The van der Waals surface area contributed by atoms with Crippen LogP contribution in [0.4, 0.5) is 5.95 Å². The van der Waals surface area contributed by atoms with Gasteiger partial charge in [-0.25, -0.2) is 0 Å². The smallest absolute Gasteiger partial charge is 0.235 e. The van der Waals surface area contributed by atoms with E-state index in [1.165, 1.54) is 14.2 Å². The van der Waals surface area contributed by atoms with Gasteiger partial charge in [-0.3, -0.25) is 0 Å². The summed E-state index contributed by atoms with van der Waals surface area (Å²) in [6, 6.07) is 9.07. The Morgan fingerprint density at radius 3 is 2.27 bits per heavy atom. The molecule has 0 saturated carbocycles. The Morgan fingerprint density at radius 1 is 1.14 bits per heavy atom. The highest BCUT2D eigenvalue weighted by molar-refractivity contribution is 7.80. The zero-order valence-electron chi connectivity index (χ0n) is 12.1. The normalized spacial score (nSPS) is 9.95. The Morgan fingerprint density at radius 2 is 1.73 bits per heavy atom. The van der Waals surface area contributed by atoms with E-state index in [-0.39, 0.29) is 0 Å². The zero-order valence-corrected chi connectivity index (χ0v) is 13.7. The molecule has 0 amide bonds. The summed E-state index contributed by atoms with van der Waals surface area (Å²) in [7, 11) is 3.03. The summed E-state index contributed by atoms with van der Waals surface area (Å²) < 4.78 is 10.1. The van der Waals surface area contributed by atoms with E-state index in [1.54, 1.807) is 6.07 Å². The molecule has 0 radical (unpaired) electrons. The molecule has 0 aliphatic rings. The first kappa shape index (κ1) is 16.3. The maximum atomic E-state index is 5.84. The summed E-state index contributed by atoms with van der Waals surface area (Å²) in [5.74, 6) is 1.06. The van der Waals surface area contributed by atoms with Crippen LogP contribution in [0.15, 0.2) is 30.3 Å². The molecule has 0 fully saturated rings. The molecule has 0 saturated heterocycles. The Hall–Kier alpha value is -2.12. The van der Waals surface area contributed by atoms with Crippen molar-refractivity contribution in [3.05, 3.63) is 40.9 Å². The third-order valence-corrected chi connectivity index (χ3v) is 3.19. The van der Waals surface area contributed by atoms with Crippen molar-refractivity contribution in [1.82, 2.24) is 15.3 Å². The molecule has 1 aromatic carbocycles. The Balaban J connectivity index is 1.95. The van der Waals surface area contributed by atoms with E-state index in [2.05, 4.69) is 20.6 Å². The highest BCUT2D eigenvalue weighted by atomic mass is 35.5. The summed E-state index contributed by atoms with van der Waals surface area (Å²) in [6.45, 7) is 0.560. The molecule has 116 valence electrons. The zero-order chi connectivity index (χ0) is 15.9. The summed E-state index contributed by atoms with van der Waals surface area (Å²) in [5, 5.41) is 7.03. The number of ether oxygens (including phenoxy) is 2. The molecule has 6 nitrogen and oxygen atoms in total. The van der Waals surface area contributed by atoms with Crippen LogP contribution < -0.4 is 20.1 Å². The van der Waals surface area contributed by atoms with Crippen molar-refractivity contribution in [2.24, 2.45) is 0 Å². The van der Waals surface area contributed by atoms with Gasteiger partial charge in [0.15, 0.2) is 5.11 Å². The maximum absolute atomic E-state index is 5.84. The van der Waals surface area contributed by atoms with Gasteiger partial charge in [0.25, 0.3) is 0 Å². The van der Waals surface area contributed by atoms with Crippen molar-refractivity contribution in [3.63, 3.8) is 0 Å². The minimum absolute atomic E-state index is 0.296. The molecule has 2 aromatic rings. The topological polar surface area (TPSA) is 68.3 Å². The first-order valence-corrected chi connectivity index (χ1v) is 7.15. The van der Waals surface area contributed by atoms with E-state index in [0.29, 0.717) is 34.4 Å². The molecule has 0 bridgehead atoms. The Bertz CT molecular complexity index is 630. The number of methoxy groups -OCH3 is 2. The fourth-order valence-electron chi connectivity index (χ4n) is 1.60. The minimum Gasteiger partial charge on any atom is -0.481 e. The lowest BCUT2D eigenvalue weighted by Crippen LogP contribution is -2.28. The lowest BCUT2D eigenvalue weighted by Gasteiger charge is -2.11. The van der Waals surface area contributed by atoms with Crippen molar-refractivity contribution in [1.29, 1.82) is 0 Å². The van der Waals surface area contributed by atoms with E-state index in [1.807, 2.05) is 24.3 Å². The van der Waals surface area contributed by atoms with Gasteiger partial charge in [-0.05, 0) is 29.9 Å². The van der Waals surface area contributed by atoms with Crippen LogP contribution in [0.25, 0.3) is 0 Å². The number of nitrogens with zero attached hydrogens (tertiary/aromatic N) is 2. The van der Waals surface area contributed by atoms with Crippen LogP contribution in [0, 0.1) is 0 Å². The molecule has 1 heterocycles. The third-order valence-electron chi connectivity index (χ3n) is 2.69. The average Bonchev–Trinajstić information content (AvgIpc) is 2.54. The number of hydrogen-bond donors (Lipinski definition) is 2. The molecule has 0 atom stereocenters. The van der Waals surface area contributed by atoms with E-state index >= 15 is 0 Å². The summed E-state index contributed by atoms with van der Waals surface area (Å²) >= 11 is 11.1. The van der Waals surface area contributed by atoms with Crippen molar-refractivity contribution in [2.75, 3.05) is 19.5 Å². The molecule has 0 aliphatic carbocycles. The predicted molar refractivity (Wildman–Crippen MR) is 89.6 cm³/mol. The molecular weight excluding hydrogens is 324 g/mol. The van der Waals surface area contributed by atoms with Gasteiger partial charge in [0.1, 0.15) is 0 Å². The van der Waals surface area contributed by atoms with Gasteiger partial charge in [-0.1, -0.05) is 23.7 Å². The highest BCUT2D eigenvalue weighted by Gasteiger charge is 2.07. The van der Waals surface area contributed by atoms with Crippen LogP contribution in [0.1, 0.15) is 5.56 Å². The summed E-state index contributed by atoms with van der Waals surface area (Å²) in [6.07, 6.45) is 0. The van der Waals surface area contributed by atoms with Gasteiger partial charge in [0.2, 0.25) is 17.7 Å². The van der Waals surface area contributed by atoms with Crippen LogP contribution in [0.5, 0.6) is 11.8 Å². The quantitative estimate of drug-likeness (QED) is 0.812. The molecule has 8 heteroatoms. The number of benzene rings is 1. The second-order valence-corrected chi connectivity index (χ2v) is 5.06. The summed E-state index contributed by atoms with van der Waals surface area (Å²) in [5.41, 5.74) is 1.05. The summed E-state index contributed by atoms with van der Waals surface area (Å²) in [4.78, 5) is 8.27. The average molecular weight is 339 g/mol. The van der Waals surface area contributed by atoms with E-state index in [0.717, 1.165) is 5.56 Å². The maximum Gasteiger partial charge on any atom is 0.235 e. The fourth-order valence-corrected chi connectivity index (χ4v) is 1.89. The highest BCUT2D eigenvalue weighted by Crippen LogP contribution is 2.17. The van der Waals surface area contributed by atoms with Gasteiger partial charge < -0.3 is 20.1 Å². The number of nitrogens with one attached hydrogen (secondary N) is 2. The molecular formula is C14H15ClN4O2S. The van der Waals surface area contributed by atoms with Crippen LogP contribution in [-0.4, -0.2) is 29.3 Å². The van der Waals surface area contributed by atoms with Crippen LogP contribution in [-0.2, 0) is 6.54 Å². The van der Waals surface area contributed by atoms with E-state index in [4.69, 9.17) is 33.3 Å². The van der Waals surface area contributed by atoms with Gasteiger partial charge in [-0.15, -0.1) is 0 Å². The van der Waals surface area contributed by atoms with E-state index < -0.39 is 0 Å². The molecule has 2 N–H and O–H groups in total. The minimum atomic E-state index is 0.296. The van der Waals surface area contributed by atoms with Gasteiger partial charge in [-0.2, -0.15) is 9.97 Å². The van der Waals surface area contributed by atoms with Crippen molar-refractivity contribution in [3.8, 4) is 11.8 Å². The molecule has 2 rings (SSSR count). The SMILES string of the molecule is COc1cc(OC)nc(NC(=S)NCc2ccc(Cl)cc2)n1. The number of aromatic nitrogens is 2. The van der Waals surface area contributed by atoms with Crippen molar-refractivity contribution < 1.29 is 9.47 Å². The monoisotopic (exact) mass is 338 g/mol. The van der Waals surface area contributed by atoms with Crippen LogP contribution in [0.3, 0.4) is 0 Å². The van der Waals surface area contributed by atoms with Gasteiger partial charge >= 0.3 is 0 Å². The molecule has 0 unspecified atom stereocenters. The second kappa shape index (κ2) is 7.77. The Labute approximate surface area is 138 Å². The molecule has 0 spiro atoms. The van der Waals surface area contributed by atoms with Crippen molar-refractivity contribution >= 4 is 34.9 Å². The third kappa shape index (κ3) is 4.71. The lowest BCUT2D eigenvalue weighted by atomic mass is 10.2. The first-order valence-electron chi connectivity index (χ1n) is 6.37. The van der Waals surface area contributed by atoms with Crippen molar-refractivity contribution in [2.45, 2.75) is 6.54 Å². The standard InChI is InChI=1S/C14H15ClN4O2S/c1-20-11-7-12(21-2)18-13(17-11)19-14(22)16-8-9-3-5-10(15)6-4-9/h3-7H,8H2,1-2H3,(H2,16,17,18,19,22). The largest absolute Gasteiger partial charge is 0.481 e. The lowest BCUT2D eigenvalue weighted by molar-refractivity contribution is 0.373. The fraction of sp³-hybridized carbons (Fsp3) is 0.214. The second-order valence-electron chi connectivity index (χ2n) is 4.21. The number of thiocarbonyl (C=S) groups is 1. The van der Waals surface area contributed by atoms with E-state index in [9.17, 15) is 0 Å². The first-order chi connectivity index (χ1) is 10.6. The molecule has 1 aromatic heterocycles. The molecule has 0 aliphatic heterocycles. The van der Waals surface area contributed by atoms with Gasteiger partial charge in [0.05, 0.1) is 20.3 Å². The number of halogens is 1. The predicted octanol–water partition coefficient (Wildman–Crippen LogP) is 2.63. The number of rotatable bonds is 5. The Kier molecular flexibility index (Phi) is 5.74. The van der Waals surface area contributed by atoms with Crippen LogP contribution >= 0.6 is 23.8 Å². The number of hydrogen-bond acceptors (Lipinski definition) is 5.